The number of hydrogen-bond donors (Lipinski definition) is 2. The van der Waals surface area contributed by atoms with E-state index in [1.165, 1.54) is 0 Å². The van der Waals surface area contributed by atoms with E-state index in [1.54, 1.807) is 0 Å². The average molecular weight is 389 g/mol. The monoisotopic (exact) mass is 388 g/mol. The van der Waals surface area contributed by atoms with Crippen LogP contribution in [0.15, 0.2) is 24.3 Å². The minimum absolute atomic E-state index is 0.0217. The molecule has 0 aliphatic carbocycles. The smallest absolute Gasteiger partial charge is 0.287 e. The Morgan fingerprint density at radius 2 is 2.07 bits per heavy atom. The Morgan fingerprint density at radius 1 is 1.26 bits per heavy atom. The third kappa shape index (κ3) is 4.69. The molecule has 2 amide bonds. The number of carbonyl (C=O) groups excluding carboxylic acids is 2. The first-order valence-electron chi connectivity index (χ1n) is 9.38. The topological polar surface area (TPSA) is 76.0 Å². The molecule has 0 radical (unpaired) electrons. The van der Waals surface area contributed by atoms with Crippen molar-refractivity contribution in [3.8, 4) is 0 Å². The summed E-state index contributed by atoms with van der Waals surface area (Å²) in [7, 11) is 0. The number of benzene rings is 1. The number of imidazole rings is 1. The molecule has 27 heavy (non-hydrogen) atoms. The fraction of sp³-hybridized carbons (Fsp3) is 0.450. The SMILES string of the molecule is CC(C)NC(=O)c1nc(C(=O)NCCc2cccc(Cl)c2)n2c1CCCC2. The summed E-state index contributed by atoms with van der Waals surface area (Å²) in [6.45, 7) is 5.01. The Kier molecular flexibility index (Phi) is 6.16. The van der Waals surface area contributed by atoms with E-state index in [1.807, 2.05) is 42.7 Å². The third-order valence-corrected chi connectivity index (χ3v) is 4.78. The molecule has 2 N–H and O–H groups in total. The normalized spacial score (nSPS) is 13.3. The molecule has 3 rings (SSSR count). The van der Waals surface area contributed by atoms with E-state index in [0.717, 1.165) is 30.5 Å². The average Bonchev–Trinajstić information content (AvgIpc) is 3.01. The zero-order valence-electron chi connectivity index (χ0n) is 15.7. The highest BCUT2D eigenvalue weighted by atomic mass is 35.5. The van der Waals surface area contributed by atoms with Crippen molar-refractivity contribution >= 4 is 23.4 Å². The molecule has 2 aromatic rings. The quantitative estimate of drug-likeness (QED) is 0.798. The lowest BCUT2D eigenvalue weighted by Crippen LogP contribution is -2.31. The summed E-state index contributed by atoms with van der Waals surface area (Å²) in [5.74, 6) is -0.137. The molecule has 1 aliphatic heterocycles. The Bertz CT molecular complexity index is 845. The maximum absolute atomic E-state index is 12.7. The molecule has 1 aliphatic rings. The highest BCUT2D eigenvalue weighted by Gasteiger charge is 2.27. The molecule has 7 heteroatoms. The summed E-state index contributed by atoms with van der Waals surface area (Å²) >= 11 is 5.99. The number of nitrogens with zero attached hydrogens (tertiary/aromatic N) is 2. The third-order valence-electron chi connectivity index (χ3n) is 4.54. The van der Waals surface area contributed by atoms with Crippen molar-refractivity contribution in [1.82, 2.24) is 20.2 Å². The molecule has 2 heterocycles. The van der Waals surface area contributed by atoms with E-state index in [4.69, 9.17) is 11.6 Å². The molecule has 144 valence electrons. The lowest BCUT2D eigenvalue weighted by Gasteiger charge is -2.17. The molecule has 1 aromatic heterocycles. The highest BCUT2D eigenvalue weighted by Crippen LogP contribution is 2.21. The number of halogens is 1. The molecule has 0 saturated carbocycles. The van der Waals surface area contributed by atoms with Gasteiger partial charge in [-0.15, -0.1) is 0 Å². The van der Waals surface area contributed by atoms with Crippen LogP contribution < -0.4 is 10.6 Å². The van der Waals surface area contributed by atoms with Crippen molar-refractivity contribution in [3.63, 3.8) is 0 Å². The second kappa shape index (κ2) is 8.57. The van der Waals surface area contributed by atoms with Crippen molar-refractivity contribution in [3.05, 3.63) is 52.1 Å². The first-order valence-corrected chi connectivity index (χ1v) is 9.76. The second-order valence-electron chi connectivity index (χ2n) is 7.10. The molecular formula is C20H25ClN4O2. The number of carbonyl (C=O) groups is 2. The van der Waals surface area contributed by atoms with E-state index < -0.39 is 0 Å². The van der Waals surface area contributed by atoms with Gasteiger partial charge in [0.2, 0.25) is 0 Å². The lowest BCUT2D eigenvalue weighted by molar-refractivity contribution is 0.0936. The van der Waals surface area contributed by atoms with Gasteiger partial charge in [-0.05, 0) is 57.2 Å². The molecule has 6 nitrogen and oxygen atoms in total. The fourth-order valence-electron chi connectivity index (χ4n) is 3.32. The van der Waals surface area contributed by atoms with Crippen LogP contribution in [0.2, 0.25) is 5.02 Å². The van der Waals surface area contributed by atoms with Crippen LogP contribution in [-0.4, -0.2) is 34.0 Å². The predicted octanol–water partition coefficient (Wildman–Crippen LogP) is 2.98. The maximum atomic E-state index is 12.7. The molecular weight excluding hydrogens is 364 g/mol. The zero-order valence-corrected chi connectivity index (χ0v) is 16.5. The van der Waals surface area contributed by atoms with Crippen LogP contribution >= 0.6 is 11.6 Å². The number of fused-ring (bicyclic) bond motifs is 1. The van der Waals surface area contributed by atoms with Crippen LogP contribution in [0.5, 0.6) is 0 Å². The van der Waals surface area contributed by atoms with Gasteiger partial charge in [0.1, 0.15) is 5.69 Å². The summed E-state index contributed by atoms with van der Waals surface area (Å²) in [6, 6.07) is 7.60. The first-order chi connectivity index (χ1) is 13.0. The van der Waals surface area contributed by atoms with Crippen LogP contribution in [0.1, 0.15) is 59.1 Å². The predicted molar refractivity (Wildman–Crippen MR) is 105 cm³/mol. The van der Waals surface area contributed by atoms with E-state index in [9.17, 15) is 9.59 Å². The van der Waals surface area contributed by atoms with Gasteiger partial charge in [0.15, 0.2) is 5.82 Å². The van der Waals surface area contributed by atoms with Gasteiger partial charge < -0.3 is 15.2 Å². The molecule has 0 atom stereocenters. The zero-order chi connectivity index (χ0) is 19.4. The standard InChI is InChI=1S/C20H25ClN4O2/c1-13(2)23-19(26)17-16-8-3-4-11-25(16)18(24-17)20(27)22-10-9-14-6-5-7-15(21)12-14/h5-7,12-13H,3-4,8-11H2,1-2H3,(H,22,27)(H,23,26). The number of hydrogen-bond acceptors (Lipinski definition) is 3. The van der Waals surface area contributed by atoms with E-state index in [-0.39, 0.29) is 17.9 Å². The van der Waals surface area contributed by atoms with Gasteiger partial charge in [0.05, 0.1) is 5.69 Å². The van der Waals surface area contributed by atoms with Crippen LogP contribution in [0.3, 0.4) is 0 Å². The second-order valence-corrected chi connectivity index (χ2v) is 7.54. The Balaban J connectivity index is 1.72. The van der Waals surface area contributed by atoms with Gasteiger partial charge in [-0.25, -0.2) is 4.98 Å². The number of amides is 2. The first kappa shape index (κ1) is 19.4. The molecule has 0 bridgehead atoms. The minimum Gasteiger partial charge on any atom is -0.349 e. The van der Waals surface area contributed by atoms with Gasteiger partial charge in [-0.1, -0.05) is 23.7 Å². The molecule has 0 spiro atoms. The van der Waals surface area contributed by atoms with Gasteiger partial charge in [-0.3, -0.25) is 9.59 Å². The minimum atomic E-state index is -0.247. The van der Waals surface area contributed by atoms with Crippen molar-refractivity contribution in [2.75, 3.05) is 6.54 Å². The summed E-state index contributed by atoms with van der Waals surface area (Å²) in [6.07, 6.45) is 3.44. The molecule has 0 fully saturated rings. The Hall–Kier alpha value is -2.34. The Labute approximate surface area is 164 Å². The summed E-state index contributed by atoms with van der Waals surface area (Å²) < 4.78 is 1.90. The maximum Gasteiger partial charge on any atom is 0.287 e. The van der Waals surface area contributed by atoms with Crippen molar-refractivity contribution in [2.45, 2.75) is 52.1 Å². The van der Waals surface area contributed by atoms with Gasteiger partial charge in [0.25, 0.3) is 11.8 Å². The van der Waals surface area contributed by atoms with Crippen LogP contribution in [0.25, 0.3) is 0 Å². The van der Waals surface area contributed by atoms with Gasteiger partial charge >= 0.3 is 0 Å². The van der Waals surface area contributed by atoms with E-state index in [0.29, 0.717) is 36.1 Å². The van der Waals surface area contributed by atoms with Crippen LogP contribution in [0.4, 0.5) is 0 Å². The highest BCUT2D eigenvalue weighted by molar-refractivity contribution is 6.30. The Morgan fingerprint density at radius 3 is 2.81 bits per heavy atom. The van der Waals surface area contributed by atoms with Gasteiger partial charge in [0, 0.05) is 24.2 Å². The summed E-state index contributed by atoms with van der Waals surface area (Å²) in [4.78, 5) is 29.5. The largest absolute Gasteiger partial charge is 0.349 e. The summed E-state index contributed by atoms with van der Waals surface area (Å²) in [5, 5.41) is 6.47. The van der Waals surface area contributed by atoms with Crippen molar-refractivity contribution in [1.29, 1.82) is 0 Å². The van der Waals surface area contributed by atoms with E-state index >= 15 is 0 Å². The fourth-order valence-corrected chi connectivity index (χ4v) is 3.53. The van der Waals surface area contributed by atoms with Crippen LogP contribution in [0, 0.1) is 0 Å². The van der Waals surface area contributed by atoms with Crippen LogP contribution in [-0.2, 0) is 19.4 Å². The number of rotatable bonds is 6. The van der Waals surface area contributed by atoms with Gasteiger partial charge in [-0.2, -0.15) is 0 Å². The number of aromatic nitrogens is 2. The molecule has 0 unspecified atom stereocenters. The lowest BCUT2D eigenvalue weighted by atomic mass is 10.1. The van der Waals surface area contributed by atoms with Crippen molar-refractivity contribution in [2.24, 2.45) is 0 Å². The summed E-state index contributed by atoms with van der Waals surface area (Å²) in [5.41, 5.74) is 2.30. The van der Waals surface area contributed by atoms with Crippen molar-refractivity contribution < 1.29 is 9.59 Å². The number of nitrogens with one attached hydrogen (secondary N) is 2. The van der Waals surface area contributed by atoms with E-state index in [2.05, 4.69) is 15.6 Å². The molecule has 0 saturated heterocycles. The molecule has 1 aromatic carbocycles.